The molecule has 1 aromatic heterocycles. The molecular formula is C13H19N3O4S. The average Bonchev–Trinajstić information content (AvgIpc) is 2.93. The summed E-state index contributed by atoms with van der Waals surface area (Å²) in [5.74, 6) is -0.904. The van der Waals surface area contributed by atoms with E-state index in [1.165, 1.54) is 18.3 Å². The Morgan fingerprint density at radius 1 is 1.14 bits per heavy atom. The number of hydrogen-bond donors (Lipinski definition) is 2. The van der Waals surface area contributed by atoms with E-state index >= 15 is 0 Å². The van der Waals surface area contributed by atoms with Crippen LogP contribution in [0.2, 0.25) is 0 Å². The number of nitrogens with one attached hydrogen (secondary N) is 2. The summed E-state index contributed by atoms with van der Waals surface area (Å²) < 4.78 is 0. The lowest BCUT2D eigenvalue weighted by atomic mass is 10.1. The molecule has 0 aliphatic carbocycles. The topological polar surface area (TPSA) is 97.4 Å². The maximum absolute atomic E-state index is 11.5. The van der Waals surface area contributed by atoms with E-state index in [1.807, 2.05) is 0 Å². The molecule has 2 amide bonds. The second-order valence-electron chi connectivity index (χ2n) is 4.42. The molecule has 1 aromatic rings. The lowest BCUT2D eigenvalue weighted by Crippen LogP contribution is -2.25. The summed E-state index contributed by atoms with van der Waals surface area (Å²) in [4.78, 5) is 41.5. The van der Waals surface area contributed by atoms with Crippen LogP contribution in [0.4, 0.5) is 5.13 Å². The van der Waals surface area contributed by atoms with Gasteiger partial charge in [0.2, 0.25) is 5.91 Å². The summed E-state index contributed by atoms with van der Waals surface area (Å²) in [6.07, 6.45) is 5.56. The number of rotatable bonds is 8. The van der Waals surface area contributed by atoms with Gasteiger partial charge in [0, 0.05) is 31.3 Å². The molecule has 1 heterocycles. The van der Waals surface area contributed by atoms with Gasteiger partial charge < -0.3 is 10.2 Å². The Morgan fingerprint density at radius 3 is 2.38 bits per heavy atom. The molecule has 2 N–H and O–H groups in total. The second kappa shape index (κ2) is 9.87. The highest BCUT2D eigenvalue weighted by molar-refractivity contribution is 7.13. The molecule has 0 unspecified atom stereocenters. The van der Waals surface area contributed by atoms with Gasteiger partial charge in [0.1, 0.15) is 0 Å². The van der Waals surface area contributed by atoms with Crippen molar-refractivity contribution in [3.05, 3.63) is 11.6 Å². The van der Waals surface area contributed by atoms with E-state index in [0.717, 1.165) is 19.3 Å². The fourth-order valence-electron chi connectivity index (χ4n) is 1.57. The van der Waals surface area contributed by atoms with E-state index in [9.17, 15) is 14.4 Å². The quantitative estimate of drug-likeness (QED) is 0.565. The van der Waals surface area contributed by atoms with E-state index in [-0.39, 0.29) is 11.8 Å². The molecule has 0 fully saturated rings. The van der Waals surface area contributed by atoms with Gasteiger partial charge in [-0.3, -0.25) is 14.4 Å². The van der Waals surface area contributed by atoms with E-state index in [1.54, 1.807) is 11.6 Å². The van der Waals surface area contributed by atoms with Crippen molar-refractivity contribution < 1.29 is 19.2 Å². The van der Waals surface area contributed by atoms with Crippen molar-refractivity contribution >= 4 is 34.3 Å². The van der Waals surface area contributed by atoms with Gasteiger partial charge in [0.25, 0.3) is 5.91 Å². The van der Waals surface area contributed by atoms with Gasteiger partial charge in [-0.05, 0) is 12.8 Å². The first-order chi connectivity index (χ1) is 10.1. The van der Waals surface area contributed by atoms with Gasteiger partial charge in [-0.2, -0.15) is 5.48 Å². The Morgan fingerprint density at radius 2 is 1.81 bits per heavy atom. The van der Waals surface area contributed by atoms with Crippen molar-refractivity contribution in [1.29, 1.82) is 0 Å². The highest BCUT2D eigenvalue weighted by Gasteiger charge is 2.05. The molecule has 8 heteroatoms. The molecule has 0 saturated carbocycles. The second-order valence-corrected chi connectivity index (χ2v) is 5.31. The van der Waals surface area contributed by atoms with Crippen LogP contribution in [-0.4, -0.2) is 22.8 Å². The molecule has 0 bridgehead atoms. The molecule has 0 aliphatic rings. The average molecular weight is 313 g/mol. The summed E-state index contributed by atoms with van der Waals surface area (Å²) in [7, 11) is 0. The summed E-state index contributed by atoms with van der Waals surface area (Å²) >= 11 is 1.39. The lowest BCUT2D eigenvalue weighted by molar-refractivity contribution is -0.156. The number of anilines is 1. The number of carbonyl (C=O) groups is 3. The first-order valence-corrected chi connectivity index (χ1v) is 7.61. The molecular weight excluding hydrogens is 294 g/mol. The normalized spacial score (nSPS) is 9.95. The van der Waals surface area contributed by atoms with Gasteiger partial charge in [-0.25, -0.2) is 4.98 Å². The summed E-state index contributed by atoms with van der Waals surface area (Å²) in [6, 6.07) is 0. The standard InChI is InChI=1S/C13H19N3O4S/c1-10(17)20-16-12(19)7-5-3-2-4-6-11(18)15-13-14-8-9-21-13/h8-9H,2-7H2,1H3,(H,16,19)(H,14,15,18). The minimum absolute atomic E-state index is 0.0439. The molecule has 7 nitrogen and oxygen atoms in total. The molecule has 0 radical (unpaired) electrons. The van der Waals surface area contributed by atoms with Gasteiger partial charge >= 0.3 is 5.97 Å². The molecule has 116 valence electrons. The smallest absolute Gasteiger partial charge is 0.329 e. The lowest BCUT2D eigenvalue weighted by Gasteiger charge is -2.04. The van der Waals surface area contributed by atoms with Crippen molar-refractivity contribution in [2.45, 2.75) is 45.4 Å². The number of hydroxylamine groups is 1. The summed E-state index contributed by atoms with van der Waals surface area (Å²) in [5, 5.41) is 5.13. The molecule has 21 heavy (non-hydrogen) atoms. The van der Waals surface area contributed by atoms with Gasteiger partial charge in [0.05, 0.1) is 0 Å². The zero-order valence-corrected chi connectivity index (χ0v) is 12.7. The monoisotopic (exact) mass is 313 g/mol. The van der Waals surface area contributed by atoms with Crippen molar-refractivity contribution in [3.63, 3.8) is 0 Å². The van der Waals surface area contributed by atoms with Crippen molar-refractivity contribution in [2.75, 3.05) is 5.32 Å². The minimum atomic E-state index is -0.547. The van der Waals surface area contributed by atoms with Crippen LogP contribution >= 0.6 is 11.3 Å². The highest BCUT2D eigenvalue weighted by Crippen LogP contribution is 2.12. The van der Waals surface area contributed by atoms with Gasteiger partial charge in [-0.15, -0.1) is 11.3 Å². The van der Waals surface area contributed by atoms with Crippen LogP contribution in [0, 0.1) is 0 Å². The predicted molar refractivity (Wildman–Crippen MR) is 78.4 cm³/mol. The van der Waals surface area contributed by atoms with E-state index < -0.39 is 5.97 Å². The summed E-state index contributed by atoms with van der Waals surface area (Å²) in [6.45, 7) is 1.22. The van der Waals surface area contributed by atoms with Crippen LogP contribution in [-0.2, 0) is 19.2 Å². The fraction of sp³-hybridized carbons (Fsp3) is 0.538. The molecule has 0 atom stereocenters. The summed E-state index contributed by atoms with van der Waals surface area (Å²) in [5.41, 5.74) is 2.06. The Labute approximate surface area is 127 Å². The number of aromatic nitrogens is 1. The molecule has 1 rings (SSSR count). The maximum atomic E-state index is 11.5. The minimum Gasteiger partial charge on any atom is -0.341 e. The Kier molecular flexibility index (Phi) is 8.03. The van der Waals surface area contributed by atoms with E-state index in [4.69, 9.17) is 0 Å². The van der Waals surface area contributed by atoms with Crippen LogP contribution in [0.5, 0.6) is 0 Å². The number of unbranched alkanes of at least 4 members (excludes halogenated alkanes) is 3. The Bertz CT molecular complexity index is 462. The number of amides is 2. The third kappa shape index (κ3) is 8.74. The number of carbonyl (C=O) groups excluding carboxylic acids is 3. The third-order valence-electron chi connectivity index (χ3n) is 2.54. The third-order valence-corrected chi connectivity index (χ3v) is 3.23. The SMILES string of the molecule is CC(=O)ONC(=O)CCCCCCC(=O)Nc1nccs1. The van der Waals surface area contributed by atoms with Gasteiger partial charge in [-0.1, -0.05) is 12.8 Å². The maximum Gasteiger partial charge on any atom is 0.329 e. The number of nitrogens with zero attached hydrogens (tertiary/aromatic N) is 1. The van der Waals surface area contributed by atoms with Crippen LogP contribution in [0.25, 0.3) is 0 Å². The molecule has 0 aromatic carbocycles. The highest BCUT2D eigenvalue weighted by atomic mass is 32.1. The largest absolute Gasteiger partial charge is 0.341 e. The number of hydrogen-bond acceptors (Lipinski definition) is 6. The number of thiazole rings is 1. The first-order valence-electron chi connectivity index (χ1n) is 6.73. The van der Waals surface area contributed by atoms with Crippen molar-refractivity contribution in [3.8, 4) is 0 Å². The van der Waals surface area contributed by atoms with E-state index in [2.05, 4.69) is 20.6 Å². The van der Waals surface area contributed by atoms with Crippen molar-refractivity contribution in [1.82, 2.24) is 10.5 Å². The molecule has 0 spiro atoms. The molecule has 0 saturated heterocycles. The Balaban J connectivity index is 1.95. The zero-order valence-electron chi connectivity index (χ0n) is 11.9. The van der Waals surface area contributed by atoms with Crippen LogP contribution in [0.1, 0.15) is 45.4 Å². The van der Waals surface area contributed by atoms with Crippen LogP contribution < -0.4 is 10.8 Å². The van der Waals surface area contributed by atoms with Crippen LogP contribution in [0.3, 0.4) is 0 Å². The van der Waals surface area contributed by atoms with Crippen LogP contribution in [0.15, 0.2) is 11.6 Å². The van der Waals surface area contributed by atoms with E-state index in [0.29, 0.717) is 24.4 Å². The zero-order chi connectivity index (χ0) is 15.5. The van der Waals surface area contributed by atoms with Crippen molar-refractivity contribution in [2.24, 2.45) is 0 Å². The Hall–Kier alpha value is -1.96. The molecule has 0 aliphatic heterocycles. The van der Waals surface area contributed by atoms with Gasteiger partial charge in [0.15, 0.2) is 5.13 Å². The first kappa shape index (κ1) is 17.1. The fourth-order valence-corrected chi connectivity index (χ4v) is 2.12. The predicted octanol–water partition coefficient (Wildman–Crippen LogP) is 2.02.